The largest absolute Gasteiger partial charge is 0.508 e. The van der Waals surface area contributed by atoms with Crippen molar-refractivity contribution in [3.05, 3.63) is 54.1 Å². The van der Waals surface area contributed by atoms with Crippen LogP contribution in [0.4, 0.5) is 0 Å². The number of aliphatic hydroxyl groups is 1. The Balaban J connectivity index is 1.27. The van der Waals surface area contributed by atoms with Crippen LogP contribution >= 0.6 is 11.8 Å². The summed E-state index contributed by atoms with van der Waals surface area (Å²) in [5.74, 6) is 2.63. The predicted molar refractivity (Wildman–Crippen MR) is 108 cm³/mol. The Morgan fingerprint density at radius 2 is 1.67 bits per heavy atom. The molecular formula is C22H27NO3S. The number of nitrogens with zero attached hydrogens (tertiary/aromatic N) is 1. The molecule has 2 aliphatic rings. The Bertz CT molecular complexity index is 735. The van der Waals surface area contributed by atoms with Gasteiger partial charge in [-0.2, -0.15) is 0 Å². The number of rotatable bonds is 6. The molecule has 1 aliphatic heterocycles. The van der Waals surface area contributed by atoms with Gasteiger partial charge in [-0.3, -0.25) is 4.90 Å². The van der Waals surface area contributed by atoms with Gasteiger partial charge in [0.1, 0.15) is 11.5 Å². The van der Waals surface area contributed by atoms with Gasteiger partial charge in [-0.1, -0.05) is 12.1 Å². The molecule has 144 valence electrons. The van der Waals surface area contributed by atoms with Crippen molar-refractivity contribution < 1.29 is 14.9 Å². The van der Waals surface area contributed by atoms with Crippen LogP contribution in [0, 0.1) is 11.8 Å². The minimum Gasteiger partial charge on any atom is -0.508 e. The molecule has 5 heteroatoms. The molecule has 2 aromatic carbocycles. The second-order valence-corrected chi connectivity index (χ2v) is 9.11. The van der Waals surface area contributed by atoms with E-state index in [1.165, 1.54) is 17.7 Å². The van der Waals surface area contributed by atoms with Crippen LogP contribution in [0.1, 0.15) is 24.5 Å². The molecule has 1 saturated heterocycles. The molecule has 1 aliphatic carbocycles. The first kappa shape index (κ1) is 18.7. The first-order valence-corrected chi connectivity index (χ1v) is 10.5. The van der Waals surface area contributed by atoms with Crippen molar-refractivity contribution in [2.45, 2.75) is 29.1 Å². The van der Waals surface area contributed by atoms with E-state index in [4.69, 9.17) is 4.74 Å². The fourth-order valence-electron chi connectivity index (χ4n) is 4.48. The summed E-state index contributed by atoms with van der Waals surface area (Å²) < 4.78 is 5.23. The second-order valence-electron chi connectivity index (χ2n) is 7.73. The zero-order valence-electron chi connectivity index (χ0n) is 15.6. The minimum absolute atomic E-state index is 0.238. The predicted octanol–water partition coefficient (Wildman–Crippen LogP) is 3.94. The van der Waals surface area contributed by atoms with Crippen LogP contribution in [0.15, 0.2) is 53.4 Å². The number of phenols is 1. The highest BCUT2D eigenvalue weighted by molar-refractivity contribution is 8.00. The summed E-state index contributed by atoms with van der Waals surface area (Å²) in [6.07, 6.45) is 2.02. The average molecular weight is 386 g/mol. The Hall–Kier alpha value is -1.69. The summed E-state index contributed by atoms with van der Waals surface area (Å²) in [6, 6.07) is 15.2. The van der Waals surface area contributed by atoms with Gasteiger partial charge in [0.15, 0.2) is 0 Å². The first-order chi connectivity index (χ1) is 13.1. The van der Waals surface area contributed by atoms with E-state index in [1.54, 1.807) is 31.4 Å². The Morgan fingerprint density at radius 1 is 1.04 bits per heavy atom. The molecule has 0 amide bonds. The molecule has 4 atom stereocenters. The molecule has 2 N–H and O–H groups in total. The third-order valence-corrected chi connectivity index (χ3v) is 7.12. The number of benzene rings is 2. The van der Waals surface area contributed by atoms with Gasteiger partial charge < -0.3 is 14.9 Å². The summed E-state index contributed by atoms with van der Waals surface area (Å²) in [6.45, 7) is 2.84. The summed E-state index contributed by atoms with van der Waals surface area (Å²) in [7, 11) is 1.70. The number of β-amino-alcohol motifs (C(OH)–C–C–N with tert-alkyl or cyclic N) is 1. The summed E-state index contributed by atoms with van der Waals surface area (Å²) in [5, 5.41) is 20.6. The molecule has 0 spiro atoms. The van der Waals surface area contributed by atoms with Gasteiger partial charge in [0, 0.05) is 29.8 Å². The van der Waals surface area contributed by atoms with Crippen LogP contribution < -0.4 is 4.74 Å². The number of ether oxygens (including phenoxy) is 1. The zero-order chi connectivity index (χ0) is 18.8. The van der Waals surface area contributed by atoms with E-state index in [9.17, 15) is 10.2 Å². The molecule has 27 heavy (non-hydrogen) atoms. The van der Waals surface area contributed by atoms with Gasteiger partial charge in [0.25, 0.3) is 0 Å². The molecule has 1 unspecified atom stereocenters. The van der Waals surface area contributed by atoms with E-state index in [0.717, 1.165) is 36.2 Å². The molecular weight excluding hydrogens is 358 g/mol. The van der Waals surface area contributed by atoms with Crippen LogP contribution in [0.5, 0.6) is 11.5 Å². The maximum atomic E-state index is 10.5. The highest BCUT2D eigenvalue weighted by atomic mass is 32.2. The lowest BCUT2D eigenvalue weighted by molar-refractivity contribution is 0.122. The van der Waals surface area contributed by atoms with Gasteiger partial charge in [0.05, 0.1) is 13.2 Å². The molecule has 4 rings (SSSR count). The number of thioether (sulfide) groups is 1. The van der Waals surface area contributed by atoms with Gasteiger partial charge >= 0.3 is 0 Å². The second kappa shape index (κ2) is 8.13. The minimum atomic E-state index is -0.492. The lowest BCUT2D eigenvalue weighted by atomic mass is 10.0. The lowest BCUT2D eigenvalue weighted by Gasteiger charge is -2.22. The van der Waals surface area contributed by atoms with Crippen molar-refractivity contribution in [3.63, 3.8) is 0 Å². The molecule has 0 bridgehead atoms. The Kier molecular flexibility index (Phi) is 5.62. The van der Waals surface area contributed by atoms with Gasteiger partial charge in [-0.05, 0) is 66.6 Å². The maximum Gasteiger partial charge on any atom is 0.118 e. The summed E-state index contributed by atoms with van der Waals surface area (Å²) in [4.78, 5) is 3.72. The molecule has 0 radical (unpaired) electrons. The zero-order valence-corrected chi connectivity index (χ0v) is 16.4. The van der Waals surface area contributed by atoms with E-state index >= 15 is 0 Å². The smallest absolute Gasteiger partial charge is 0.118 e. The van der Waals surface area contributed by atoms with Crippen LogP contribution in [-0.2, 0) is 0 Å². The quantitative estimate of drug-likeness (QED) is 0.789. The maximum absolute atomic E-state index is 10.5. The van der Waals surface area contributed by atoms with Gasteiger partial charge in [-0.25, -0.2) is 0 Å². The fraction of sp³-hybridized carbons (Fsp3) is 0.455. The number of fused-ring (bicyclic) bond motifs is 1. The number of phenolic OH excluding ortho intramolecular Hbond substituents is 1. The van der Waals surface area contributed by atoms with Crippen molar-refractivity contribution in [2.24, 2.45) is 11.8 Å². The fourth-order valence-corrected chi connectivity index (χ4v) is 5.84. The number of aromatic hydroxyl groups is 1. The normalized spacial score (nSPS) is 26.1. The molecule has 2 aromatic rings. The average Bonchev–Trinajstić information content (AvgIpc) is 3.20. The Morgan fingerprint density at radius 3 is 2.26 bits per heavy atom. The number of hydrogen-bond donors (Lipinski definition) is 2. The van der Waals surface area contributed by atoms with Crippen molar-refractivity contribution in [3.8, 4) is 11.5 Å². The molecule has 4 nitrogen and oxygen atoms in total. The van der Waals surface area contributed by atoms with Crippen LogP contribution in [0.25, 0.3) is 0 Å². The topological polar surface area (TPSA) is 52.9 Å². The SMILES string of the molecule is COc1ccc(S[C@@H]2C[C@@H]3CN(CC(O)c4ccc(O)cc4)C[C@@H]3C2)cc1. The first-order valence-electron chi connectivity index (χ1n) is 9.61. The highest BCUT2D eigenvalue weighted by Gasteiger charge is 2.41. The third-order valence-electron chi connectivity index (χ3n) is 5.85. The third kappa shape index (κ3) is 4.42. The van der Waals surface area contributed by atoms with E-state index in [1.807, 2.05) is 23.9 Å². The molecule has 1 saturated carbocycles. The van der Waals surface area contributed by atoms with Crippen molar-refractivity contribution in [2.75, 3.05) is 26.7 Å². The van der Waals surface area contributed by atoms with Crippen LogP contribution in [-0.4, -0.2) is 47.1 Å². The Labute approximate surface area is 165 Å². The van der Waals surface area contributed by atoms with E-state index < -0.39 is 6.10 Å². The van der Waals surface area contributed by atoms with E-state index in [-0.39, 0.29) is 5.75 Å². The summed E-state index contributed by atoms with van der Waals surface area (Å²) >= 11 is 1.99. The lowest BCUT2D eigenvalue weighted by Crippen LogP contribution is -2.28. The number of aliphatic hydroxyl groups excluding tert-OH is 1. The van der Waals surface area contributed by atoms with E-state index in [2.05, 4.69) is 17.0 Å². The number of likely N-dealkylation sites (tertiary alicyclic amines) is 1. The number of methoxy groups -OCH3 is 1. The van der Waals surface area contributed by atoms with Gasteiger partial charge in [0.2, 0.25) is 0 Å². The number of hydrogen-bond acceptors (Lipinski definition) is 5. The standard InChI is InChI=1S/C22H27NO3S/c1-26-19-6-8-20(9-7-19)27-21-10-16-12-23(13-17(16)11-21)14-22(25)15-2-4-18(24)5-3-15/h2-9,16-17,21-22,24-25H,10-14H2,1H3/t16-,17+,21-,22?. The van der Waals surface area contributed by atoms with Crippen molar-refractivity contribution in [1.82, 2.24) is 4.90 Å². The highest BCUT2D eigenvalue weighted by Crippen LogP contribution is 2.45. The van der Waals surface area contributed by atoms with Crippen LogP contribution in [0.3, 0.4) is 0 Å². The molecule has 0 aromatic heterocycles. The van der Waals surface area contributed by atoms with Crippen molar-refractivity contribution >= 4 is 11.8 Å². The monoisotopic (exact) mass is 385 g/mol. The summed E-state index contributed by atoms with van der Waals surface area (Å²) in [5.41, 5.74) is 0.873. The van der Waals surface area contributed by atoms with Crippen LogP contribution in [0.2, 0.25) is 0 Å². The van der Waals surface area contributed by atoms with Gasteiger partial charge in [-0.15, -0.1) is 11.8 Å². The molecule has 2 fully saturated rings. The van der Waals surface area contributed by atoms with Crippen molar-refractivity contribution in [1.29, 1.82) is 0 Å². The van der Waals surface area contributed by atoms with E-state index in [0.29, 0.717) is 11.8 Å². The molecule has 1 heterocycles.